The van der Waals surface area contributed by atoms with Crippen LogP contribution in [0.4, 0.5) is 5.69 Å². The Morgan fingerprint density at radius 3 is 2.73 bits per heavy atom. The van der Waals surface area contributed by atoms with Gasteiger partial charge in [0, 0.05) is 19.3 Å². The van der Waals surface area contributed by atoms with Gasteiger partial charge >= 0.3 is 0 Å². The molecular formula is C15H23ClN2O4. The van der Waals surface area contributed by atoms with Crippen LogP contribution in [0.25, 0.3) is 0 Å². The van der Waals surface area contributed by atoms with Gasteiger partial charge in [-0.05, 0) is 31.2 Å². The van der Waals surface area contributed by atoms with E-state index >= 15 is 0 Å². The summed E-state index contributed by atoms with van der Waals surface area (Å²) in [5.41, 5.74) is 0.735. The van der Waals surface area contributed by atoms with E-state index in [0.717, 1.165) is 11.4 Å². The van der Waals surface area contributed by atoms with Crippen LogP contribution in [0.2, 0.25) is 0 Å². The number of hydrogen-bond donors (Lipinski definition) is 2. The van der Waals surface area contributed by atoms with Crippen LogP contribution in [-0.4, -0.2) is 51.5 Å². The monoisotopic (exact) mass is 330 g/mol. The first-order chi connectivity index (χ1) is 10.2. The van der Waals surface area contributed by atoms with Crippen LogP contribution in [-0.2, 0) is 14.3 Å². The maximum Gasteiger partial charge on any atom is 0.244 e. The number of ether oxygens (including phenoxy) is 3. The van der Waals surface area contributed by atoms with E-state index in [0.29, 0.717) is 26.4 Å². The molecule has 7 heteroatoms. The predicted molar refractivity (Wildman–Crippen MR) is 86.9 cm³/mol. The minimum Gasteiger partial charge on any atom is -0.491 e. The van der Waals surface area contributed by atoms with Crippen LogP contribution in [0.15, 0.2) is 24.3 Å². The lowest BCUT2D eigenvalue weighted by Gasteiger charge is -2.29. The van der Waals surface area contributed by atoms with Crippen molar-refractivity contribution >= 4 is 24.0 Å². The van der Waals surface area contributed by atoms with Crippen LogP contribution >= 0.6 is 12.4 Å². The molecule has 124 valence electrons. The van der Waals surface area contributed by atoms with E-state index in [1.54, 1.807) is 7.11 Å². The molecule has 1 aliphatic rings. The number of rotatable bonds is 6. The summed E-state index contributed by atoms with van der Waals surface area (Å²) in [5, 5.41) is 6.03. The number of anilines is 1. The fraction of sp³-hybridized carbons (Fsp3) is 0.533. The molecule has 1 aromatic rings. The lowest BCUT2D eigenvalue weighted by molar-refractivity contribution is -0.123. The van der Waals surface area contributed by atoms with E-state index in [1.807, 2.05) is 31.2 Å². The topological polar surface area (TPSA) is 68.8 Å². The van der Waals surface area contributed by atoms with Gasteiger partial charge in [-0.1, -0.05) is 0 Å². The molecule has 0 aliphatic carbocycles. The van der Waals surface area contributed by atoms with Crippen molar-refractivity contribution in [2.24, 2.45) is 0 Å². The molecule has 0 saturated carbocycles. The highest BCUT2D eigenvalue weighted by Crippen LogP contribution is 2.16. The Hall–Kier alpha value is -1.34. The van der Waals surface area contributed by atoms with Gasteiger partial charge in [0.2, 0.25) is 5.91 Å². The highest BCUT2D eigenvalue weighted by atomic mass is 35.5. The largest absolute Gasteiger partial charge is 0.491 e. The van der Waals surface area contributed by atoms with Crippen LogP contribution in [0.5, 0.6) is 5.75 Å². The minimum atomic E-state index is -0.323. The normalized spacial score (nSPS) is 20.8. The van der Waals surface area contributed by atoms with Gasteiger partial charge in [0.05, 0.1) is 19.3 Å². The average molecular weight is 331 g/mol. The van der Waals surface area contributed by atoms with Crippen molar-refractivity contribution in [3.8, 4) is 5.75 Å². The Morgan fingerprint density at radius 2 is 2.09 bits per heavy atom. The molecule has 0 aromatic heterocycles. The van der Waals surface area contributed by atoms with E-state index in [2.05, 4.69) is 10.6 Å². The second kappa shape index (κ2) is 9.63. The van der Waals surface area contributed by atoms with Crippen molar-refractivity contribution in [1.82, 2.24) is 5.32 Å². The quantitative estimate of drug-likeness (QED) is 0.773. The van der Waals surface area contributed by atoms with Gasteiger partial charge in [0.15, 0.2) is 0 Å². The number of nitrogens with one attached hydrogen (secondary N) is 2. The molecule has 0 spiro atoms. The Balaban J connectivity index is 0.00000242. The second-order valence-electron chi connectivity index (χ2n) is 4.86. The van der Waals surface area contributed by atoms with E-state index in [1.165, 1.54) is 0 Å². The van der Waals surface area contributed by atoms with E-state index in [-0.39, 0.29) is 30.5 Å². The van der Waals surface area contributed by atoms with Gasteiger partial charge in [-0.15, -0.1) is 12.4 Å². The summed E-state index contributed by atoms with van der Waals surface area (Å²) in [4.78, 5) is 12.2. The molecule has 0 bridgehead atoms. The number of methoxy groups -OCH3 is 1. The molecule has 1 saturated heterocycles. The molecule has 2 atom stereocenters. The van der Waals surface area contributed by atoms with Crippen LogP contribution < -0.4 is 15.4 Å². The van der Waals surface area contributed by atoms with Crippen molar-refractivity contribution in [1.29, 1.82) is 0 Å². The fourth-order valence-corrected chi connectivity index (χ4v) is 2.12. The van der Waals surface area contributed by atoms with Crippen molar-refractivity contribution in [2.45, 2.75) is 19.1 Å². The number of morpholine rings is 1. The first kappa shape index (κ1) is 18.7. The van der Waals surface area contributed by atoms with Gasteiger partial charge in [-0.3, -0.25) is 4.79 Å². The molecule has 1 aromatic carbocycles. The second-order valence-corrected chi connectivity index (χ2v) is 4.86. The van der Waals surface area contributed by atoms with Crippen LogP contribution in [0, 0.1) is 0 Å². The van der Waals surface area contributed by atoms with Gasteiger partial charge < -0.3 is 24.8 Å². The molecular weight excluding hydrogens is 308 g/mol. The number of halogens is 1. The van der Waals surface area contributed by atoms with E-state index < -0.39 is 0 Å². The van der Waals surface area contributed by atoms with Crippen molar-refractivity contribution in [3.63, 3.8) is 0 Å². The Kier molecular flexibility index (Phi) is 8.19. The third-order valence-electron chi connectivity index (χ3n) is 3.28. The van der Waals surface area contributed by atoms with Crippen molar-refractivity contribution in [3.05, 3.63) is 24.3 Å². The summed E-state index contributed by atoms with van der Waals surface area (Å²) in [5.74, 6) is 0.660. The maximum absolute atomic E-state index is 12.2. The Bertz CT molecular complexity index is 455. The van der Waals surface area contributed by atoms with Crippen molar-refractivity contribution < 1.29 is 19.0 Å². The predicted octanol–water partition coefficient (Wildman–Crippen LogP) is 1.45. The first-order valence-electron chi connectivity index (χ1n) is 7.08. The number of carbonyl (C=O) groups is 1. The third kappa shape index (κ3) is 5.46. The van der Waals surface area contributed by atoms with Gasteiger partial charge in [0.25, 0.3) is 0 Å². The molecule has 1 heterocycles. The third-order valence-corrected chi connectivity index (χ3v) is 3.28. The number of amides is 1. The van der Waals surface area contributed by atoms with Gasteiger partial charge in [-0.25, -0.2) is 0 Å². The van der Waals surface area contributed by atoms with Gasteiger partial charge in [0.1, 0.15) is 18.4 Å². The van der Waals surface area contributed by atoms with Crippen molar-refractivity contribution in [2.75, 3.05) is 38.8 Å². The standard InChI is InChI=1S/C15H22N2O4.ClH/c1-11-14(16-7-8-20-11)15(18)17-12-3-5-13(6-4-12)21-10-9-19-2;/h3-6,11,14,16H,7-10H2,1-2H3,(H,17,18);1H/t11-,14+;/m1./s1. The lowest BCUT2D eigenvalue weighted by atomic mass is 10.1. The Labute approximate surface area is 136 Å². The number of hydrogen-bond acceptors (Lipinski definition) is 5. The summed E-state index contributed by atoms with van der Waals surface area (Å²) in [7, 11) is 1.63. The zero-order valence-electron chi connectivity index (χ0n) is 12.8. The van der Waals surface area contributed by atoms with Gasteiger partial charge in [-0.2, -0.15) is 0 Å². The summed E-state index contributed by atoms with van der Waals surface area (Å²) in [6, 6.07) is 6.94. The van der Waals surface area contributed by atoms with Crippen LogP contribution in [0.3, 0.4) is 0 Å². The minimum absolute atomic E-state index is 0. The molecule has 1 aliphatic heterocycles. The molecule has 2 N–H and O–H groups in total. The SMILES string of the molecule is COCCOc1ccc(NC(=O)[C@H]2NCCO[C@@H]2C)cc1.Cl. The average Bonchev–Trinajstić information content (AvgIpc) is 2.49. The van der Waals surface area contributed by atoms with Crippen LogP contribution in [0.1, 0.15) is 6.92 Å². The Morgan fingerprint density at radius 1 is 1.36 bits per heavy atom. The summed E-state index contributed by atoms with van der Waals surface area (Å²) >= 11 is 0. The summed E-state index contributed by atoms with van der Waals surface area (Å²) < 4.78 is 15.9. The first-order valence-corrected chi connectivity index (χ1v) is 7.08. The smallest absolute Gasteiger partial charge is 0.244 e. The highest BCUT2D eigenvalue weighted by molar-refractivity contribution is 5.95. The molecule has 0 unspecified atom stereocenters. The molecule has 0 radical (unpaired) electrons. The molecule has 6 nitrogen and oxygen atoms in total. The summed E-state index contributed by atoms with van der Waals surface area (Å²) in [6.45, 7) is 4.27. The zero-order valence-corrected chi connectivity index (χ0v) is 13.7. The zero-order chi connectivity index (χ0) is 15.1. The van der Waals surface area contributed by atoms with E-state index in [4.69, 9.17) is 14.2 Å². The highest BCUT2D eigenvalue weighted by Gasteiger charge is 2.28. The molecule has 1 amide bonds. The maximum atomic E-state index is 12.2. The molecule has 2 rings (SSSR count). The molecule has 1 fully saturated rings. The fourth-order valence-electron chi connectivity index (χ4n) is 2.12. The number of benzene rings is 1. The lowest BCUT2D eigenvalue weighted by Crippen LogP contribution is -2.53. The summed E-state index contributed by atoms with van der Waals surface area (Å²) in [6.07, 6.45) is -0.129. The van der Waals surface area contributed by atoms with E-state index in [9.17, 15) is 4.79 Å². The number of carbonyl (C=O) groups excluding carboxylic acids is 1. The molecule has 22 heavy (non-hydrogen) atoms.